The van der Waals surface area contributed by atoms with Gasteiger partial charge >= 0.3 is 7.05 Å². The first-order chi connectivity index (χ1) is 17.0. The van der Waals surface area contributed by atoms with Gasteiger partial charge in [-0.25, -0.2) is 9.37 Å². The predicted octanol–water partition coefficient (Wildman–Crippen LogP) is 3.13. The number of hydrogen-bond donors (Lipinski definition) is 1. The van der Waals surface area contributed by atoms with Crippen molar-refractivity contribution >= 4 is 7.05 Å². The van der Waals surface area contributed by atoms with E-state index in [9.17, 15) is 5.02 Å². The molecule has 35 heavy (non-hydrogen) atoms. The number of hydrogen-bond acceptors (Lipinski definition) is 8. The van der Waals surface area contributed by atoms with Crippen molar-refractivity contribution < 1.29 is 23.6 Å². The number of nitrogens with zero attached hydrogens (tertiary/aromatic N) is 5. The highest BCUT2D eigenvalue weighted by Crippen LogP contribution is 2.38. The van der Waals surface area contributed by atoms with Crippen LogP contribution in [0.2, 0.25) is 6.82 Å². The molecule has 3 aromatic rings. The van der Waals surface area contributed by atoms with Gasteiger partial charge in [-0.05, 0) is 37.9 Å². The highest BCUT2D eigenvalue weighted by molar-refractivity contribution is 6.45. The van der Waals surface area contributed by atoms with Crippen LogP contribution in [-0.2, 0) is 4.74 Å². The van der Waals surface area contributed by atoms with Gasteiger partial charge in [0, 0.05) is 55.7 Å². The van der Waals surface area contributed by atoms with Crippen LogP contribution in [0.4, 0.5) is 4.39 Å². The Morgan fingerprint density at radius 3 is 2.80 bits per heavy atom. The average molecular weight is 481 g/mol. The molecule has 0 aliphatic carbocycles. The Hall–Kier alpha value is -3.02. The van der Waals surface area contributed by atoms with E-state index in [0.29, 0.717) is 24.3 Å². The summed E-state index contributed by atoms with van der Waals surface area (Å²) in [6.45, 7) is 1.79. The normalized spacial score (nSPS) is 24.2. The summed E-state index contributed by atoms with van der Waals surface area (Å²) in [6.07, 6.45) is 6.56. The Morgan fingerprint density at radius 2 is 2.09 bits per heavy atom. The molecule has 4 heterocycles. The molecule has 1 aromatic carbocycles. The summed E-state index contributed by atoms with van der Waals surface area (Å²) in [5.41, 5.74) is 2.22. The Bertz CT molecular complexity index is 1120. The van der Waals surface area contributed by atoms with Crippen LogP contribution >= 0.6 is 0 Å². The largest absolute Gasteiger partial charge is 0.470 e. The summed E-state index contributed by atoms with van der Waals surface area (Å²) in [6, 6.07) is 8.97. The van der Waals surface area contributed by atoms with E-state index in [4.69, 9.17) is 14.2 Å². The second-order valence-corrected chi connectivity index (χ2v) is 9.03. The van der Waals surface area contributed by atoms with Gasteiger partial charge in [0.1, 0.15) is 11.9 Å². The van der Waals surface area contributed by atoms with E-state index in [1.54, 1.807) is 38.6 Å². The smallest absolute Gasteiger partial charge is 0.376 e. The van der Waals surface area contributed by atoms with Gasteiger partial charge in [-0.2, -0.15) is 0 Å². The molecule has 2 aliphatic heterocycles. The zero-order valence-corrected chi connectivity index (χ0v) is 19.8. The van der Waals surface area contributed by atoms with E-state index < -0.39 is 19.3 Å². The Labute approximate surface area is 204 Å². The van der Waals surface area contributed by atoms with Crippen LogP contribution in [0.15, 0.2) is 49.1 Å². The lowest BCUT2D eigenvalue weighted by atomic mass is 9.71. The lowest BCUT2D eigenvalue weighted by molar-refractivity contribution is -0.0454. The van der Waals surface area contributed by atoms with Crippen LogP contribution in [0.25, 0.3) is 16.9 Å². The Morgan fingerprint density at radius 1 is 1.20 bits per heavy atom. The molecule has 1 N–H and O–H groups in total. The van der Waals surface area contributed by atoms with E-state index in [2.05, 4.69) is 15.2 Å². The molecular formula is C24H29BFN5O4. The SMILES string of the molecule is COCOc1cc(-n2ccnc2)ccc1-c1ccc(O[C@H]2CC3CCCC([C@H]2F)N3B(C)O)nn1. The molecule has 2 aliphatic rings. The number of ether oxygens (including phenoxy) is 3. The molecule has 4 atom stereocenters. The maximum atomic E-state index is 15.3. The van der Waals surface area contributed by atoms with E-state index in [-0.39, 0.29) is 24.8 Å². The number of imidazole rings is 1. The van der Waals surface area contributed by atoms with Crippen molar-refractivity contribution in [3.8, 4) is 28.6 Å². The molecule has 9 nitrogen and oxygen atoms in total. The summed E-state index contributed by atoms with van der Waals surface area (Å²) in [7, 11) is 0.891. The number of piperidine rings is 2. The van der Waals surface area contributed by atoms with E-state index in [1.807, 2.05) is 33.8 Å². The number of benzene rings is 1. The highest BCUT2D eigenvalue weighted by Gasteiger charge is 2.48. The summed E-state index contributed by atoms with van der Waals surface area (Å²) in [5.74, 6) is 0.863. The quantitative estimate of drug-likeness (QED) is 0.388. The van der Waals surface area contributed by atoms with Crippen LogP contribution in [0.1, 0.15) is 25.7 Å². The topological polar surface area (TPSA) is 94.8 Å². The zero-order chi connectivity index (χ0) is 24.4. The number of fused-ring (bicyclic) bond motifs is 2. The standard InChI is InChI=1S/C24H29BFN5O4/c1-25(32)31-17-4-3-5-20(31)24(26)22(13-17)35-23-9-8-19(28-29-23)18-7-6-16(30-11-10-27-14-30)12-21(18)34-15-33-2/h6-12,14,17,20,22,24,32H,3-5,13,15H2,1-2H3/t17?,20?,22-,24+/m0/s1. The predicted molar refractivity (Wildman–Crippen MR) is 128 cm³/mol. The molecule has 2 bridgehead atoms. The lowest BCUT2D eigenvalue weighted by Crippen LogP contribution is -2.64. The van der Waals surface area contributed by atoms with Crippen molar-refractivity contribution in [3.63, 3.8) is 0 Å². The van der Waals surface area contributed by atoms with Gasteiger partial charge in [-0.15, -0.1) is 10.2 Å². The van der Waals surface area contributed by atoms with Gasteiger partial charge in [0.15, 0.2) is 13.0 Å². The minimum Gasteiger partial charge on any atom is -0.470 e. The summed E-state index contributed by atoms with van der Waals surface area (Å²) < 4.78 is 34.0. The number of rotatable bonds is 8. The third-order valence-electron chi connectivity index (χ3n) is 6.79. The van der Waals surface area contributed by atoms with Crippen molar-refractivity contribution in [2.45, 2.75) is 56.9 Å². The van der Waals surface area contributed by atoms with Crippen LogP contribution in [0.5, 0.6) is 11.6 Å². The molecule has 2 aromatic heterocycles. The van der Waals surface area contributed by atoms with Crippen LogP contribution in [-0.4, -0.2) is 74.9 Å². The number of methoxy groups -OCH3 is 1. The van der Waals surface area contributed by atoms with Gasteiger partial charge in [0.25, 0.3) is 0 Å². The highest BCUT2D eigenvalue weighted by atomic mass is 19.1. The maximum Gasteiger partial charge on any atom is 0.376 e. The Kier molecular flexibility index (Phi) is 6.98. The molecule has 0 amide bonds. The molecule has 2 unspecified atom stereocenters. The van der Waals surface area contributed by atoms with Crippen molar-refractivity contribution in [2.75, 3.05) is 13.9 Å². The molecule has 5 rings (SSSR count). The fourth-order valence-corrected chi connectivity index (χ4v) is 5.25. The number of halogens is 1. The molecule has 11 heteroatoms. The zero-order valence-electron chi connectivity index (χ0n) is 19.8. The molecular weight excluding hydrogens is 452 g/mol. The fraction of sp³-hybridized carbons (Fsp3) is 0.458. The molecule has 2 saturated heterocycles. The van der Waals surface area contributed by atoms with Crippen LogP contribution in [0.3, 0.4) is 0 Å². The molecule has 0 spiro atoms. The van der Waals surface area contributed by atoms with Gasteiger partial charge in [-0.1, -0.05) is 6.42 Å². The van der Waals surface area contributed by atoms with Crippen molar-refractivity contribution in [1.82, 2.24) is 24.6 Å². The third-order valence-corrected chi connectivity index (χ3v) is 6.79. The summed E-state index contributed by atoms with van der Waals surface area (Å²) >= 11 is 0. The van der Waals surface area contributed by atoms with Gasteiger partial charge < -0.3 is 28.6 Å². The minimum absolute atomic E-state index is 0.0837. The van der Waals surface area contributed by atoms with Crippen LogP contribution in [0, 0.1) is 0 Å². The van der Waals surface area contributed by atoms with Gasteiger partial charge in [0.2, 0.25) is 5.88 Å². The monoisotopic (exact) mass is 481 g/mol. The van der Waals surface area contributed by atoms with E-state index in [1.165, 1.54) is 0 Å². The number of aromatic nitrogens is 4. The third kappa shape index (κ3) is 4.89. The van der Waals surface area contributed by atoms with Crippen molar-refractivity contribution in [2.24, 2.45) is 0 Å². The van der Waals surface area contributed by atoms with Crippen molar-refractivity contribution in [1.29, 1.82) is 0 Å². The fourth-order valence-electron chi connectivity index (χ4n) is 5.25. The van der Waals surface area contributed by atoms with Crippen molar-refractivity contribution in [3.05, 3.63) is 49.1 Å². The Balaban J connectivity index is 1.34. The first kappa shape index (κ1) is 23.7. The van der Waals surface area contributed by atoms with Crippen LogP contribution < -0.4 is 9.47 Å². The molecule has 0 saturated carbocycles. The molecule has 2 fully saturated rings. The molecule has 0 radical (unpaired) electrons. The average Bonchev–Trinajstić information content (AvgIpc) is 3.41. The van der Waals surface area contributed by atoms with E-state index in [0.717, 1.165) is 24.1 Å². The summed E-state index contributed by atoms with van der Waals surface area (Å²) in [5, 5.41) is 18.7. The first-order valence-corrected chi connectivity index (χ1v) is 11.9. The maximum absolute atomic E-state index is 15.3. The summed E-state index contributed by atoms with van der Waals surface area (Å²) in [4.78, 5) is 5.98. The molecule has 184 valence electrons. The minimum atomic E-state index is -1.20. The van der Waals surface area contributed by atoms with Gasteiger partial charge in [-0.3, -0.25) is 0 Å². The van der Waals surface area contributed by atoms with E-state index >= 15 is 4.39 Å². The van der Waals surface area contributed by atoms with Gasteiger partial charge in [0.05, 0.1) is 17.7 Å². The lowest BCUT2D eigenvalue weighted by Gasteiger charge is -2.50. The second kappa shape index (κ2) is 10.3. The second-order valence-electron chi connectivity index (χ2n) is 9.03. The number of alkyl halides is 1. The first-order valence-electron chi connectivity index (χ1n) is 11.9.